The van der Waals surface area contributed by atoms with Crippen LogP contribution in [-0.4, -0.2) is 11.7 Å². The van der Waals surface area contributed by atoms with Gasteiger partial charge in [-0.2, -0.15) is 0 Å². The highest BCUT2D eigenvalue weighted by Gasteiger charge is 2.59. The number of hydrogen-bond acceptors (Lipinski definition) is 1. The lowest BCUT2D eigenvalue weighted by Gasteiger charge is -2.61. The minimum absolute atomic E-state index is 0.402. The Morgan fingerprint density at radius 2 is 1.62 bits per heavy atom. The molecule has 0 aromatic rings. The van der Waals surface area contributed by atoms with Crippen LogP contribution >= 0.6 is 0 Å². The van der Waals surface area contributed by atoms with Crippen LogP contribution in [0.25, 0.3) is 0 Å². The molecule has 138 valence electrons. The fraction of sp³-hybridized carbons (Fsp3) is 1.00. The predicted octanol–water partition coefficient (Wildman–Crippen LogP) is 6.05. The van der Waals surface area contributed by atoms with Crippen LogP contribution < -0.4 is 0 Å². The summed E-state index contributed by atoms with van der Waals surface area (Å²) in [5.74, 6) is 5.83. The van der Waals surface area contributed by atoms with E-state index in [0.717, 1.165) is 41.9 Å². The molecule has 0 aliphatic heterocycles. The summed E-state index contributed by atoms with van der Waals surface area (Å²) in [4.78, 5) is 0. The molecule has 0 heterocycles. The van der Waals surface area contributed by atoms with Crippen molar-refractivity contribution >= 4 is 0 Å². The predicted molar refractivity (Wildman–Crippen MR) is 101 cm³/mol. The molecule has 4 aliphatic rings. The molecule has 24 heavy (non-hydrogen) atoms. The highest BCUT2D eigenvalue weighted by Crippen LogP contribution is 2.68. The van der Waals surface area contributed by atoms with Crippen molar-refractivity contribution in [1.82, 2.24) is 0 Å². The first-order valence-electron chi connectivity index (χ1n) is 11.1. The Labute approximate surface area is 150 Å². The van der Waals surface area contributed by atoms with Gasteiger partial charge in [0.15, 0.2) is 0 Å². The molecular weight excluding hydrogens is 292 g/mol. The van der Waals surface area contributed by atoms with Gasteiger partial charge in [0.2, 0.25) is 0 Å². The summed E-state index contributed by atoms with van der Waals surface area (Å²) in [5, 5.41) is 9.51. The van der Waals surface area contributed by atoms with E-state index in [-0.39, 0.29) is 0 Å². The van der Waals surface area contributed by atoms with Gasteiger partial charge in [-0.15, -0.1) is 0 Å². The summed E-state index contributed by atoms with van der Waals surface area (Å²) >= 11 is 0. The lowest BCUT2D eigenvalue weighted by Crippen LogP contribution is -2.53. The third kappa shape index (κ3) is 2.43. The van der Waals surface area contributed by atoms with E-state index in [1.165, 1.54) is 64.2 Å². The molecule has 4 rings (SSSR count). The van der Waals surface area contributed by atoms with Crippen LogP contribution in [-0.2, 0) is 0 Å². The maximum Gasteiger partial charge on any atom is 0.0433 e. The summed E-state index contributed by atoms with van der Waals surface area (Å²) in [7, 11) is 0. The molecule has 0 saturated heterocycles. The van der Waals surface area contributed by atoms with Crippen LogP contribution in [0.2, 0.25) is 0 Å². The molecule has 1 N–H and O–H groups in total. The standard InChI is InChI=1S/C23H40O/c1-4-16-9-12-23(3)18(15-16)5-7-19-20-8-6-17(11-14-24)22(20,2)13-10-21(19)23/h16-21,24H,4-15H2,1-3H3/t16-,17?,18+,19-,20?,21?,22+,23-/m0/s1. The molecular formula is C23H40O. The zero-order valence-corrected chi connectivity index (χ0v) is 16.4. The van der Waals surface area contributed by atoms with Gasteiger partial charge >= 0.3 is 0 Å². The number of aliphatic hydroxyl groups excluding tert-OH is 1. The van der Waals surface area contributed by atoms with Crippen molar-refractivity contribution in [2.24, 2.45) is 46.3 Å². The normalized spacial score (nSPS) is 54.0. The fourth-order valence-corrected chi connectivity index (χ4v) is 8.46. The maximum absolute atomic E-state index is 9.51. The van der Waals surface area contributed by atoms with Gasteiger partial charge in [-0.05, 0) is 111 Å². The molecule has 0 radical (unpaired) electrons. The highest BCUT2D eigenvalue weighted by molar-refractivity contribution is 5.09. The molecule has 4 saturated carbocycles. The zero-order chi connectivity index (χ0) is 16.9. The molecule has 0 aromatic carbocycles. The molecule has 0 spiro atoms. The smallest absolute Gasteiger partial charge is 0.0433 e. The van der Waals surface area contributed by atoms with Crippen LogP contribution in [0.5, 0.6) is 0 Å². The Bertz CT molecular complexity index is 459. The average Bonchev–Trinajstić information content (AvgIpc) is 2.91. The van der Waals surface area contributed by atoms with Crippen molar-refractivity contribution in [2.45, 2.75) is 91.4 Å². The van der Waals surface area contributed by atoms with Crippen LogP contribution in [0.4, 0.5) is 0 Å². The SMILES string of the molecule is CC[C@H]1CC[C@]2(C)C3CC[C@]4(C)C(CCO)CCC4[C@@H]3CC[C@@H]2C1. The van der Waals surface area contributed by atoms with Crippen molar-refractivity contribution in [3.63, 3.8) is 0 Å². The molecule has 3 unspecified atom stereocenters. The van der Waals surface area contributed by atoms with Gasteiger partial charge in [-0.25, -0.2) is 0 Å². The van der Waals surface area contributed by atoms with Crippen molar-refractivity contribution in [1.29, 1.82) is 0 Å². The largest absolute Gasteiger partial charge is 0.396 e. The van der Waals surface area contributed by atoms with E-state index < -0.39 is 0 Å². The van der Waals surface area contributed by atoms with Gasteiger partial charge < -0.3 is 5.11 Å². The van der Waals surface area contributed by atoms with Crippen molar-refractivity contribution in [2.75, 3.05) is 6.61 Å². The summed E-state index contributed by atoms with van der Waals surface area (Å²) < 4.78 is 0. The van der Waals surface area contributed by atoms with Crippen molar-refractivity contribution in [3.05, 3.63) is 0 Å². The molecule has 4 fully saturated rings. The lowest BCUT2D eigenvalue weighted by atomic mass is 9.44. The second kappa shape index (κ2) is 6.29. The summed E-state index contributed by atoms with van der Waals surface area (Å²) in [6, 6.07) is 0. The third-order valence-electron chi connectivity index (χ3n) is 10.0. The van der Waals surface area contributed by atoms with E-state index in [2.05, 4.69) is 20.8 Å². The van der Waals surface area contributed by atoms with Crippen LogP contribution in [0.15, 0.2) is 0 Å². The maximum atomic E-state index is 9.51. The molecule has 8 atom stereocenters. The van der Waals surface area contributed by atoms with E-state index in [4.69, 9.17) is 0 Å². The van der Waals surface area contributed by atoms with E-state index in [1.54, 1.807) is 0 Å². The molecule has 0 aromatic heterocycles. The number of fused-ring (bicyclic) bond motifs is 5. The van der Waals surface area contributed by atoms with Crippen LogP contribution in [0.3, 0.4) is 0 Å². The number of hydrogen-bond donors (Lipinski definition) is 1. The summed E-state index contributed by atoms with van der Waals surface area (Å²) in [5.41, 5.74) is 1.21. The number of rotatable bonds is 3. The van der Waals surface area contributed by atoms with E-state index in [1.807, 2.05) is 0 Å². The van der Waals surface area contributed by atoms with Gasteiger partial charge in [0, 0.05) is 6.61 Å². The van der Waals surface area contributed by atoms with E-state index in [9.17, 15) is 5.11 Å². The summed E-state index contributed by atoms with van der Waals surface area (Å²) in [6.45, 7) is 8.11. The second-order valence-corrected chi connectivity index (χ2v) is 10.5. The topological polar surface area (TPSA) is 20.2 Å². The molecule has 0 bridgehead atoms. The van der Waals surface area contributed by atoms with Gasteiger partial charge in [0.25, 0.3) is 0 Å². The first-order chi connectivity index (χ1) is 11.5. The fourth-order valence-electron chi connectivity index (χ4n) is 8.46. The second-order valence-electron chi connectivity index (χ2n) is 10.5. The van der Waals surface area contributed by atoms with E-state index in [0.29, 0.717) is 17.4 Å². The lowest BCUT2D eigenvalue weighted by molar-refractivity contribution is -0.119. The molecule has 1 nitrogen and oxygen atoms in total. The molecule has 1 heteroatoms. The van der Waals surface area contributed by atoms with Crippen LogP contribution in [0.1, 0.15) is 91.4 Å². The van der Waals surface area contributed by atoms with E-state index >= 15 is 0 Å². The van der Waals surface area contributed by atoms with Gasteiger partial charge in [0.05, 0.1) is 0 Å². The quantitative estimate of drug-likeness (QED) is 0.666. The molecule has 0 amide bonds. The Morgan fingerprint density at radius 1 is 0.875 bits per heavy atom. The Morgan fingerprint density at radius 3 is 2.38 bits per heavy atom. The van der Waals surface area contributed by atoms with Gasteiger partial charge in [0.1, 0.15) is 0 Å². The summed E-state index contributed by atoms with van der Waals surface area (Å²) in [6.07, 6.45) is 15.8. The van der Waals surface area contributed by atoms with Crippen LogP contribution in [0, 0.1) is 46.3 Å². The monoisotopic (exact) mass is 332 g/mol. The Balaban J connectivity index is 1.55. The van der Waals surface area contributed by atoms with Crippen molar-refractivity contribution < 1.29 is 5.11 Å². The highest BCUT2D eigenvalue weighted by atomic mass is 16.3. The first kappa shape index (κ1) is 17.4. The molecule has 4 aliphatic carbocycles. The first-order valence-corrected chi connectivity index (χ1v) is 11.1. The van der Waals surface area contributed by atoms with Gasteiger partial charge in [-0.1, -0.05) is 27.2 Å². The Kier molecular flexibility index (Phi) is 4.55. The minimum atomic E-state index is 0.402. The van der Waals surface area contributed by atoms with Gasteiger partial charge in [-0.3, -0.25) is 0 Å². The average molecular weight is 333 g/mol. The zero-order valence-electron chi connectivity index (χ0n) is 16.4. The van der Waals surface area contributed by atoms with Crippen molar-refractivity contribution in [3.8, 4) is 0 Å². The Hall–Kier alpha value is -0.0400. The number of aliphatic hydroxyl groups is 1. The minimum Gasteiger partial charge on any atom is -0.396 e. The third-order valence-corrected chi connectivity index (χ3v) is 10.0.